The maximum Gasteiger partial charge on any atom is 0.416 e. The molecular formula is C13H8BrF3N2O3. The molecule has 0 spiro atoms. The van der Waals surface area contributed by atoms with Gasteiger partial charge in [-0.3, -0.25) is 0 Å². The van der Waals surface area contributed by atoms with Crippen molar-refractivity contribution in [2.24, 2.45) is 0 Å². The Morgan fingerprint density at radius 1 is 1.32 bits per heavy atom. The summed E-state index contributed by atoms with van der Waals surface area (Å²) in [6, 6.07) is 5.92. The van der Waals surface area contributed by atoms with Crippen molar-refractivity contribution < 1.29 is 22.8 Å². The molecule has 0 atom stereocenters. The molecule has 5 nitrogen and oxygen atoms in total. The molecule has 0 aliphatic heterocycles. The summed E-state index contributed by atoms with van der Waals surface area (Å²) in [6.07, 6.45) is -3.19. The summed E-state index contributed by atoms with van der Waals surface area (Å²) in [5.74, 6) is -0.509. The van der Waals surface area contributed by atoms with Crippen LogP contribution in [0.1, 0.15) is 11.1 Å². The van der Waals surface area contributed by atoms with Crippen LogP contribution in [0, 0.1) is 10.1 Å². The van der Waals surface area contributed by atoms with Gasteiger partial charge in [0.2, 0.25) is 5.75 Å². The van der Waals surface area contributed by atoms with E-state index in [0.717, 1.165) is 12.1 Å². The summed E-state index contributed by atoms with van der Waals surface area (Å²) in [5, 5.41) is 10.8. The number of rotatable bonds is 4. The van der Waals surface area contributed by atoms with Crippen LogP contribution < -0.4 is 4.74 Å². The molecule has 1 heterocycles. The largest absolute Gasteiger partial charge is 0.481 e. The molecule has 0 aliphatic carbocycles. The van der Waals surface area contributed by atoms with Crippen molar-refractivity contribution in [3.05, 3.63) is 62.2 Å². The van der Waals surface area contributed by atoms with Crippen LogP contribution in [0.3, 0.4) is 0 Å². The number of nitro groups is 1. The predicted octanol–water partition coefficient (Wildman–Crippen LogP) is 4.35. The lowest BCUT2D eigenvalue weighted by Crippen LogP contribution is -2.06. The van der Waals surface area contributed by atoms with Crippen LogP contribution >= 0.6 is 15.9 Å². The first-order valence-electron chi connectivity index (χ1n) is 5.87. The molecule has 22 heavy (non-hydrogen) atoms. The van der Waals surface area contributed by atoms with Gasteiger partial charge in [-0.25, -0.2) is 0 Å². The Kier molecular flexibility index (Phi) is 4.65. The number of hydrogen-bond donors (Lipinski definition) is 0. The SMILES string of the molecule is O=[N+]([O-])c1ncccc1OCc1ccc(C(F)(F)F)cc1Br. The van der Waals surface area contributed by atoms with Gasteiger partial charge in [0, 0.05) is 10.0 Å². The second kappa shape index (κ2) is 6.30. The third-order valence-corrected chi connectivity index (χ3v) is 3.43. The molecule has 0 unspecified atom stereocenters. The van der Waals surface area contributed by atoms with Gasteiger partial charge in [0.1, 0.15) is 12.8 Å². The summed E-state index contributed by atoms with van der Waals surface area (Å²) in [5.41, 5.74) is -0.373. The summed E-state index contributed by atoms with van der Waals surface area (Å²) in [7, 11) is 0. The first kappa shape index (κ1) is 16.2. The van der Waals surface area contributed by atoms with Gasteiger partial charge < -0.3 is 14.9 Å². The Morgan fingerprint density at radius 3 is 2.64 bits per heavy atom. The van der Waals surface area contributed by atoms with Crippen LogP contribution in [0.15, 0.2) is 41.0 Å². The molecule has 1 aromatic heterocycles. The number of halogens is 4. The summed E-state index contributed by atoms with van der Waals surface area (Å²) >= 11 is 3.03. The first-order valence-corrected chi connectivity index (χ1v) is 6.66. The molecule has 1 aromatic carbocycles. The normalized spacial score (nSPS) is 11.3. The van der Waals surface area contributed by atoms with Crippen molar-refractivity contribution >= 4 is 21.7 Å². The lowest BCUT2D eigenvalue weighted by molar-refractivity contribution is -0.390. The molecule has 2 rings (SSSR count). The van der Waals surface area contributed by atoms with E-state index in [-0.39, 0.29) is 16.8 Å². The number of ether oxygens (including phenoxy) is 1. The quantitative estimate of drug-likeness (QED) is 0.587. The van der Waals surface area contributed by atoms with E-state index < -0.39 is 22.5 Å². The van der Waals surface area contributed by atoms with Gasteiger partial charge in [-0.15, -0.1) is 0 Å². The Morgan fingerprint density at radius 2 is 2.05 bits per heavy atom. The molecular weight excluding hydrogens is 369 g/mol. The van der Waals surface area contributed by atoms with E-state index in [4.69, 9.17) is 4.74 Å². The Balaban J connectivity index is 2.18. The summed E-state index contributed by atoms with van der Waals surface area (Å²) in [6.45, 7) is -0.134. The van der Waals surface area contributed by atoms with Crippen molar-refractivity contribution in [1.82, 2.24) is 4.98 Å². The fourth-order valence-electron chi connectivity index (χ4n) is 1.63. The molecule has 9 heteroatoms. The molecule has 0 radical (unpaired) electrons. The van der Waals surface area contributed by atoms with Gasteiger partial charge in [0.05, 0.1) is 5.56 Å². The average Bonchev–Trinajstić information content (AvgIpc) is 2.45. The zero-order chi connectivity index (χ0) is 16.3. The van der Waals surface area contributed by atoms with Crippen molar-refractivity contribution in [1.29, 1.82) is 0 Å². The lowest BCUT2D eigenvalue weighted by atomic mass is 10.1. The Labute approximate surface area is 131 Å². The second-order valence-electron chi connectivity index (χ2n) is 4.17. The van der Waals surface area contributed by atoms with E-state index in [1.807, 2.05) is 0 Å². The van der Waals surface area contributed by atoms with Gasteiger partial charge in [-0.1, -0.05) is 22.0 Å². The van der Waals surface area contributed by atoms with Gasteiger partial charge in [0.15, 0.2) is 0 Å². The fourth-order valence-corrected chi connectivity index (χ4v) is 2.12. The molecule has 0 saturated heterocycles. The third-order valence-electron chi connectivity index (χ3n) is 2.69. The zero-order valence-corrected chi connectivity index (χ0v) is 12.4. The minimum atomic E-state index is -4.44. The Hall–Kier alpha value is -2.16. The van der Waals surface area contributed by atoms with E-state index in [1.54, 1.807) is 0 Å². The molecule has 0 amide bonds. The van der Waals surface area contributed by atoms with E-state index in [9.17, 15) is 23.3 Å². The van der Waals surface area contributed by atoms with Crippen LogP contribution in [0.4, 0.5) is 19.0 Å². The fraction of sp³-hybridized carbons (Fsp3) is 0.154. The smallest absolute Gasteiger partial charge is 0.416 e. The first-order chi connectivity index (χ1) is 10.3. The number of benzene rings is 1. The number of aromatic nitrogens is 1. The van der Waals surface area contributed by atoms with E-state index in [2.05, 4.69) is 20.9 Å². The molecule has 0 bridgehead atoms. The molecule has 0 saturated carbocycles. The molecule has 116 valence electrons. The Bertz CT molecular complexity index is 707. The number of alkyl halides is 3. The lowest BCUT2D eigenvalue weighted by Gasteiger charge is -2.11. The van der Waals surface area contributed by atoms with Crippen LogP contribution in [0.2, 0.25) is 0 Å². The minimum absolute atomic E-state index is 0.0562. The topological polar surface area (TPSA) is 65.3 Å². The molecule has 0 fully saturated rings. The van der Waals surface area contributed by atoms with Gasteiger partial charge >= 0.3 is 12.0 Å². The predicted molar refractivity (Wildman–Crippen MR) is 74.4 cm³/mol. The van der Waals surface area contributed by atoms with Crippen LogP contribution in [-0.4, -0.2) is 9.91 Å². The maximum atomic E-state index is 12.6. The van der Waals surface area contributed by atoms with Crippen molar-refractivity contribution in [3.63, 3.8) is 0 Å². The number of hydrogen-bond acceptors (Lipinski definition) is 4. The van der Waals surface area contributed by atoms with Gasteiger partial charge in [-0.2, -0.15) is 13.2 Å². The number of nitrogens with zero attached hydrogens (tertiary/aromatic N) is 2. The van der Waals surface area contributed by atoms with Crippen molar-refractivity contribution in [2.75, 3.05) is 0 Å². The van der Waals surface area contributed by atoms with Gasteiger partial charge in [-0.05, 0) is 34.2 Å². The molecule has 2 aromatic rings. The highest BCUT2D eigenvalue weighted by molar-refractivity contribution is 9.10. The number of pyridine rings is 1. The highest BCUT2D eigenvalue weighted by Crippen LogP contribution is 2.33. The third kappa shape index (κ3) is 3.73. The van der Waals surface area contributed by atoms with E-state index in [0.29, 0.717) is 5.56 Å². The minimum Gasteiger partial charge on any atom is -0.481 e. The standard InChI is InChI=1S/C13H8BrF3N2O3/c14-10-6-9(13(15,16)17)4-3-8(10)7-22-11-2-1-5-18-12(11)19(20)21/h1-6H,7H2. The maximum absolute atomic E-state index is 12.6. The van der Waals surface area contributed by atoms with Crippen molar-refractivity contribution in [2.45, 2.75) is 12.8 Å². The highest BCUT2D eigenvalue weighted by Gasteiger charge is 2.30. The van der Waals surface area contributed by atoms with Crippen LogP contribution in [-0.2, 0) is 12.8 Å². The monoisotopic (exact) mass is 376 g/mol. The zero-order valence-electron chi connectivity index (χ0n) is 10.8. The highest BCUT2D eigenvalue weighted by atomic mass is 79.9. The van der Waals surface area contributed by atoms with Crippen molar-refractivity contribution in [3.8, 4) is 5.75 Å². The van der Waals surface area contributed by atoms with Gasteiger partial charge in [0.25, 0.3) is 0 Å². The van der Waals surface area contributed by atoms with Crippen LogP contribution in [0.5, 0.6) is 5.75 Å². The second-order valence-corrected chi connectivity index (χ2v) is 5.03. The molecule has 0 N–H and O–H groups in total. The van der Waals surface area contributed by atoms with E-state index >= 15 is 0 Å². The van der Waals surface area contributed by atoms with E-state index in [1.165, 1.54) is 24.4 Å². The summed E-state index contributed by atoms with van der Waals surface area (Å²) < 4.78 is 43.1. The average molecular weight is 377 g/mol. The summed E-state index contributed by atoms with van der Waals surface area (Å²) in [4.78, 5) is 13.7. The van der Waals surface area contributed by atoms with Crippen LogP contribution in [0.25, 0.3) is 0 Å². The molecule has 0 aliphatic rings.